The minimum Gasteiger partial charge on any atom is -0.317 e. The molecule has 1 aliphatic rings. The van der Waals surface area contributed by atoms with Crippen molar-refractivity contribution >= 4 is 9.84 Å². The molecule has 0 saturated heterocycles. The van der Waals surface area contributed by atoms with E-state index < -0.39 is 9.84 Å². The van der Waals surface area contributed by atoms with Gasteiger partial charge in [-0.05, 0) is 31.9 Å². The number of rotatable bonds is 4. The molecule has 0 amide bonds. The van der Waals surface area contributed by atoms with Crippen molar-refractivity contribution in [3.63, 3.8) is 0 Å². The van der Waals surface area contributed by atoms with Crippen LogP contribution in [0, 0.1) is 0 Å². The third-order valence-electron chi connectivity index (χ3n) is 3.75. The lowest BCUT2D eigenvalue weighted by Crippen LogP contribution is -2.37. The molecule has 1 aromatic rings. The summed E-state index contributed by atoms with van der Waals surface area (Å²) in [6.45, 7) is 0. The van der Waals surface area contributed by atoms with Crippen LogP contribution in [0.25, 0.3) is 0 Å². The van der Waals surface area contributed by atoms with Crippen molar-refractivity contribution in [3.8, 4) is 0 Å². The van der Waals surface area contributed by atoms with Gasteiger partial charge in [-0.15, -0.1) is 0 Å². The van der Waals surface area contributed by atoms with Crippen molar-refractivity contribution in [1.29, 1.82) is 0 Å². The molecule has 0 bridgehead atoms. The van der Waals surface area contributed by atoms with Crippen LogP contribution in [0.5, 0.6) is 0 Å². The van der Waals surface area contributed by atoms with Crippen molar-refractivity contribution in [3.05, 3.63) is 35.9 Å². The number of benzene rings is 1. The quantitative estimate of drug-likeness (QED) is 0.909. The smallest absolute Gasteiger partial charge is 0.157 e. The van der Waals surface area contributed by atoms with Gasteiger partial charge >= 0.3 is 0 Å². The number of nitrogens with one attached hydrogen (secondary N) is 1. The van der Waals surface area contributed by atoms with Crippen molar-refractivity contribution in [2.75, 3.05) is 7.05 Å². The zero-order valence-corrected chi connectivity index (χ0v) is 11.6. The minimum atomic E-state index is -3.02. The van der Waals surface area contributed by atoms with Crippen LogP contribution in [-0.2, 0) is 15.6 Å². The summed E-state index contributed by atoms with van der Waals surface area (Å²) in [7, 11) is -1.11. The molecule has 2 rings (SSSR count). The van der Waals surface area contributed by atoms with Gasteiger partial charge in [0.2, 0.25) is 0 Å². The fraction of sp³-hybridized carbons (Fsp3) is 0.571. The fourth-order valence-corrected chi connectivity index (χ4v) is 4.60. The van der Waals surface area contributed by atoms with Crippen molar-refractivity contribution < 1.29 is 8.42 Å². The first-order valence-corrected chi connectivity index (χ1v) is 8.26. The molecule has 0 aliphatic heterocycles. The molecule has 4 heteroatoms. The summed E-state index contributed by atoms with van der Waals surface area (Å²) in [5, 5.41) is 3.03. The highest BCUT2D eigenvalue weighted by molar-refractivity contribution is 7.91. The highest BCUT2D eigenvalue weighted by Gasteiger charge is 2.31. The predicted molar refractivity (Wildman–Crippen MR) is 74.2 cm³/mol. The van der Waals surface area contributed by atoms with Gasteiger partial charge in [0.15, 0.2) is 9.84 Å². The summed E-state index contributed by atoms with van der Waals surface area (Å²) >= 11 is 0. The number of sulfone groups is 1. The molecule has 100 valence electrons. The zero-order valence-electron chi connectivity index (χ0n) is 10.8. The SMILES string of the molecule is CNC1CCCC(S(=O)(=O)Cc2ccccc2)C1. The van der Waals surface area contributed by atoms with Gasteiger partial charge in [-0.2, -0.15) is 0 Å². The Labute approximate surface area is 110 Å². The van der Waals surface area contributed by atoms with Gasteiger partial charge in [-0.25, -0.2) is 8.42 Å². The highest BCUT2D eigenvalue weighted by atomic mass is 32.2. The first kappa shape index (κ1) is 13.6. The van der Waals surface area contributed by atoms with E-state index in [2.05, 4.69) is 5.32 Å². The van der Waals surface area contributed by atoms with Crippen LogP contribution in [-0.4, -0.2) is 26.8 Å². The van der Waals surface area contributed by atoms with Crippen LogP contribution < -0.4 is 5.32 Å². The molecule has 2 atom stereocenters. The van der Waals surface area contributed by atoms with E-state index in [9.17, 15) is 8.42 Å². The van der Waals surface area contributed by atoms with E-state index in [1.165, 1.54) is 0 Å². The maximum absolute atomic E-state index is 12.4. The molecule has 1 saturated carbocycles. The Morgan fingerprint density at radius 3 is 2.61 bits per heavy atom. The number of hydrogen-bond acceptors (Lipinski definition) is 3. The van der Waals surface area contributed by atoms with E-state index in [1.54, 1.807) is 0 Å². The van der Waals surface area contributed by atoms with Crippen LogP contribution in [0.3, 0.4) is 0 Å². The first-order chi connectivity index (χ1) is 8.62. The van der Waals surface area contributed by atoms with E-state index in [1.807, 2.05) is 37.4 Å². The molecule has 0 radical (unpaired) electrons. The second kappa shape index (κ2) is 5.85. The Morgan fingerprint density at radius 1 is 1.22 bits per heavy atom. The zero-order chi connectivity index (χ0) is 13.0. The predicted octanol–water partition coefficient (Wildman–Crippen LogP) is 2.13. The van der Waals surface area contributed by atoms with Gasteiger partial charge in [-0.1, -0.05) is 36.8 Å². The van der Waals surface area contributed by atoms with Gasteiger partial charge in [0.25, 0.3) is 0 Å². The monoisotopic (exact) mass is 267 g/mol. The van der Waals surface area contributed by atoms with Gasteiger partial charge in [0.05, 0.1) is 11.0 Å². The van der Waals surface area contributed by atoms with Gasteiger partial charge < -0.3 is 5.32 Å². The fourth-order valence-electron chi connectivity index (χ4n) is 2.66. The standard InChI is InChI=1S/C14H21NO2S/c1-15-13-8-5-9-14(10-13)18(16,17)11-12-6-3-2-4-7-12/h2-4,6-7,13-15H,5,8-11H2,1H3. The van der Waals surface area contributed by atoms with E-state index in [0.29, 0.717) is 6.04 Å². The highest BCUT2D eigenvalue weighted by Crippen LogP contribution is 2.26. The molecule has 2 unspecified atom stereocenters. The molecule has 1 aliphatic carbocycles. The van der Waals surface area contributed by atoms with Crippen LogP contribution in [0.4, 0.5) is 0 Å². The van der Waals surface area contributed by atoms with E-state index >= 15 is 0 Å². The maximum Gasteiger partial charge on any atom is 0.157 e. The van der Waals surface area contributed by atoms with Crippen LogP contribution >= 0.6 is 0 Å². The molecule has 0 aromatic heterocycles. The summed E-state index contributed by atoms with van der Waals surface area (Å²) in [6.07, 6.45) is 3.66. The summed E-state index contributed by atoms with van der Waals surface area (Å²) in [4.78, 5) is 0. The average Bonchev–Trinajstić information content (AvgIpc) is 2.39. The second-order valence-electron chi connectivity index (χ2n) is 5.07. The Hall–Kier alpha value is -0.870. The second-order valence-corrected chi connectivity index (χ2v) is 7.35. The van der Waals surface area contributed by atoms with Gasteiger partial charge in [0.1, 0.15) is 0 Å². The largest absolute Gasteiger partial charge is 0.317 e. The lowest BCUT2D eigenvalue weighted by Gasteiger charge is -2.28. The Kier molecular flexibility index (Phi) is 4.40. The molecule has 0 spiro atoms. The minimum absolute atomic E-state index is 0.176. The van der Waals surface area contributed by atoms with Crippen LogP contribution in [0.15, 0.2) is 30.3 Å². The number of hydrogen-bond donors (Lipinski definition) is 1. The van der Waals surface area contributed by atoms with Gasteiger partial charge in [-0.3, -0.25) is 0 Å². The summed E-state index contributed by atoms with van der Waals surface area (Å²) in [5.41, 5.74) is 0.893. The molecule has 1 aromatic carbocycles. The van der Waals surface area contributed by atoms with E-state index in [0.717, 1.165) is 31.2 Å². The molecule has 18 heavy (non-hydrogen) atoms. The lowest BCUT2D eigenvalue weighted by molar-refractivity contribution is 0.390. The topological polar surface area (TPSA) is 46.2 Å². The van der Waals surface area contributed by atoms with Crippen LogP contribution in [0.2, 0.25) is 0 Å². The summed E-state index contributed by atoms with van der Waals surface area (Å²) in [6, 6.07) is 9.82. The average molecular weight is 267 g/mol. The Balaban J connectivity index is 2.06. The molecule has 1 N–H and O–H groups in total. The molecule has 0 heterocycles. The molecule has 1 fully saturated rings. The first-order valence-electron chi connectivity index (χ1n) is 6.54. The van der Waals surface area contributed by atoms with Crippen molar-refractivity contribution in [2.24, 2.45) is 0 Å². The molecule has 3 nitrogen and oxygen atoms in total. The normalized spacial score (nSPS) is 24.9. The third kappa shape index (κ3) is 3.33. The summed E-state index contributed by atoms with van der Waals surface area (Å²) in [5.74, 6) is 0.176. The maximum atomic E-state index is 12.4. The molecular formula is C14H21NO2S. The lowest BCUT2D eigenvalue weighted by atomic mass is 9.95. The van der Waals surface area contributed by atoms with E-state index in [4.69, 9.17) is 0 Å². The molecular weight excluding hydrogens is 246 g/mol. The Morgan fingerprint density at radius 2 is 1.94 bits per heavy atom. The van der Waals surface area contributed by atoms with Gasteiger partial charge in [0, 0.05) is 6.04 Å². The van der Waals surface area contributed by atoms with Crippen LogP contribution in [0.1, 0.15) is 31.2 Å². The van der Waals surface area contributed by atoms with Crippen molar-refractivity contribution in [2.45, 2.75) is 42.7 Å². The third-order valence-corrected chi connectivity index (χ3v) is 5.93. The summed E-state index contributed by atoms with van der Waals surface area (Å²) < 4.78 is 24.8. The van der Waals surface area contributed by atoms with Crippen molar-refractivity contribution in [1.82, 2.24) is 5.32 Å². The van der Waals surface area contributed by atoms with E-state index in [-0.39, 0.29) is 11.0 Å². The Bertz CT molecular complexity index is 470.